The van der Waals surface area contributed by atoms with E-state index < -0.39 is 0 Å². The van der Waals surface area contributed by atoms with Gasteiger partial charge in [0.25, 0.3) is 5.91 Å². The quantitative estimate of drug-likeness (QED) is 0.929. The summed E-state index contributed by atoms with van der Waals surface area (Å²) in [6, 6.07) is 13.3. The third kappa shape index (κ3) is 4.07. The highest BCUT2D eigenvalue weighted by atomic mass is 16.2. The van der Waals surface area contributed by atoms with E-state index >= 15 is 0 Å². The lowest BCUT2D eigenvalue weighted by atomic mass is 10.1. The first-order valence-corrected chi connectivity index (χ1v) is 7.52. The van der Waals surface area contributed by atoms with E-state index in [0.717, 1.165) is 11.4 Å². The number of rotatable bonds is 4. The van der Waals surface area contributed by atoms with E-state index in [-0.39, 0.29) is 11.4 Å². The van der Waals surface area contributed by atoms with Gasteiger partial charge in [-0.2, -0.15) is 0 Å². The van der Waals surface area contributed by atoms with Crippen LogP contribution in [0.5, 0.6) is 0 Å². The Morgan fingerprint density at radius 3 is 2.45 bits per heavy atom. The summed E-state index contributed by atoms with van der Waals surface area (Å²) >= 11 is 0. The zero-order valence-electron chi connectivity index (χ0n) is 13.6. The summed E-state index contributed by atoms with van der Waals surface area (Å²) in [6.45, 7) is 8.80. The molecule has 0 bridgehead atoms. The summed E-state index contributed by atoms with van der Waals surface area (Å²) in [4.78, 5) is 18.7. The van der Waals surface area contributed by atoms with Crippen LogP contribution < -0.4 is 10.2 Å². The summed E-state index contributed by atoms with van der Waals surface area (Å²) in [5.74, 6) is -0.0914. The molecule has 1 N–H and O–H groups in total. The minimum Gasteiger partial charge on any atom is -0.380 e. The Balaban J connectivity index is 2.27. The maximum absolute atomic E-state index is 12.7. The van der Waals surface area contributed by atoms with Crippen molar-refractivity contribution in [1.82, 2.24) is 4.98 Å². The predicted molar refractivity (Wildman–Crippen MR) is 91.4 cm³/mol. The molecule has 0 aliphatic rings. The lowest BCUT2D eigenvalue weighted by Crippen LogP contribution is -2.31. The smallest absolute Gasteiger partial charge is 0.276 e. The second-order valence-electron chi connectivity index (χ2n) is 6.19. The van der Waals surface area contributed by atoms with Crippen molar-refractivity contribution in [1.29, 1.82) is 0 Å². The fourth-order valence-corrected chi connectivity index (χ4v) is 2.25. The van der Waals surface area contributed by atoms with E-state index in [0.29, 0.717) is 12.2 Å². The number of benzene rings is 1. The van der Waals surface area contributed by atoms with Crippen LogP contribution in [0.25, 0.3) is 0 Å². The SMILES string of the molecule is CCN(C(=O)c1cc(NC(C)(C)C)ccn1)c1ccccc1. The van der Waals surface area contributed by atoms with Gasteiger partial charge in [0.05, 0.1) is 0 Å². The monoisotopic (exact) mass is 297 g/mol. The van der Waals surface area contributed by atoms with Crippen molar-refractivity contribution in [2.75, 3.05) is 16.8 Å². The van der Waals surface area contributed by atoms with Gasteiger partial charge >= 0.3 is 0 Å². The van der Waals surface area contributed by atoms with Gasteiger partial charge in [0.1, 0.15) is 5.69 Å². The summed E-state index contributed by atoms with van der Waals surface area (Å²) in [6.07, 6.45) is 1.67. The molecule has 0 atom stereocenters. The van der Waals surface area contributed by atoms with Crippen LogP contribution in [0.2, 0.25) is 0 Å². The molecule has 2 rings (SSSR count). The summed E-state index contributed by atoms with van der Waals surface area (Å²) in [5.41, 5.74) is 2.16. The second-order valence-corrected chi connectivity index (χ2v) is 6.19. The van der Waals surface area contributed by atoms with Crippen molar-refractivity contribution in [3.8, 4) is 0 Å². The molecule has 1 amide bonds. The Kier molecular flexibility index (Phi) is 4.81. The van der Waals surface area contributed by atoms with Crippen molar-refractivity contribution in [3.63, 3.8) is 0 Å². The molecular weight excluding hydrogens is 274 g/mol. The Morgan fingerprint density at radius 1 is 1.18 bits per heavy atom. The van der Waals surface area contributed by atoms with E-state index in [2.05, 4.69) is 31.1 Å². The van der Waals surface area contributed by atoms with Crippen LogP contribution in [0.3, 0.4) is 0 Å². The van der Waals surface area contributed by atoms with Gasteiger partial charge in [0, 0.05) is 29.7 Å². The van der Waals surface area contributed by atoms with Gasteiger partial charge in [-0.25, -0.2) is 0 Å². The van der Waals surface area contributed by atoms with Crippen LogP contribution in [-0.4, -0.2) is 23.0 Å². The van der Waals surface area contributed by atoms with Gasteiger partial charge in [0.15, 0.2) is 0 Å². The Morgan fingerprint density at radius 2 is 1.86 bits per heavy atom. The van der Waals surface area contributed by atoms with E-state index in [9.17, 15) is 4.79 Å². The molecule has 0 saturated heterocycles. The number of hydrogen-bond donors (Lipinski definition) is 1. The van der Waals surface area contributed by atoms with Gasteiger partial charge in [-0.15, -0.1) is 0 Å². The highest BCUT2D eigenvalue weighted by molar-refractivity contribution is 6.05. The van der Waals surface area contributed by atoms with Crippen LogP contribution in [0, 0.1) is 0 Å². The molecule has 0 unspecified atom stereocenters. The number of hydrogen-bond acceptors (Lipinski definition) is 3. The molecule has 0 aliphatic heterocycles. The summed E-state index contributed by atoms with van der Waals surface area (Å²) in [5, 5.41) is 3.36. The maximum atomic E-state index is 12.7. The molecule has 0 radical (unpaired) electrons. The number of carbonyl (C=O) groups is 1. The first kappa shape index (κ1) is 16.0. The lowest BCUT2D eigenvalue weighted by molar-refractivity contribution is 0.0983. The third-order valence-electron chi connectivity index (χ3n) is 3.13. The number of amides is 1. The topological polar surface area (TPSA) is 45.2 Å². The van der Waals surface area contributed by atoms with Crippen LogP contribution in [-0.2, 0) is 0 Å². The highest BCUT2D eigenvalue weighted by Crippen LogP contribution is 2.19. The minimum atomic E-state index is -0.0914. The first-order valence-electron chi connectivity index (χ1n) is 7.52. The molecule has 1 heterocycles. The Labute approximate surface area is 132 Å². The van der Waals surface area contributed by atoms with Gasteiger partial charge < -0.3 is 10.2 Å². The van der Waals surface area contributed by atoms with Crippen LogP contribution in [0.4, 0.5) is 11.4 Å². The zero-order valence-corrected chi connectivity index (χ0v) is 13.6. The third-order valence-corrected chi connectivity index (χ3v) is 3.13. The van der Waals surface area contributed by atoms with Crippen molar-refractivity contribution >= 4 is 17.3 Å². The number of pyridine rings is 1. The predicted octanol–water partition coefficient (Wildman–Crippen LogP) is 3.96. The number of para-hydroxylation sites is 1. The van der Waals surface area contributed by atoms with Gasteiger partial charge in [-0.1, -0.05) is 18.2 Å². The maximum Gasteiger partial charge on any atom is 0.276 e. The number of aromatic nitrogens is 1. The minimum absolute atomic E-state index is 0.0639. The molecule has 2 aromatic rings. The normalized spacial score (nSPS) is 11.1. The van der Waals surface area contributed by atoms with E-state index in [1.165, 1.54) is 0 Å². The van der Waals surface area contributed by atoms with Crippen molar-refractivity contribution in [2.45, 2.75) is 33.2 Å². The molecule has 0 aliphatic carbocycles. The molecule has 0 spiro atoms. The van der Waals surface area contributed by atoms with Gasteiger partial charge in [-0.3, -0.25) is 9.78 Å². The average molecular weight is 297 g/mol. The van der Waals surface area contributed by atoms with Crippen LogP contribution in [0.15, 0.2) is 48.7 Å². The molecule has 0 saturated carbocycles. The molecule has 116 valence electrons. The fourth-order valence-electron chi connectivity index (χ4n) is 2.25. The van der Waals surface area contributed by atoms with Gasteiger partial charge in [-0.05, 0) is 52.0 Å². The first-order chi connectivity index (χ1) is 10.4. The highest BCUT2D eigenvalue weighted by Gasteiger charge is 2.18. The largest absolute Gasteiger partial charge is 0.380 e. The summed E-state index contributed by atoms with van der Waals surface area (Å²) in [7, 11) is 0. The van der Waals surface area contributed by atoms with E-state index in [1.54, 1.807) is 17.2 Å². The molecule has 1 aromatic heterocycles. The number of nitrogens with zero attached hydrogens (tertiary/aromatic N) is 2. The lowest BCUT2D eigenvalue weighted by Gasteiger charge is -2.23. The Bertz CT molecular complexity index is 632. The number of carbonyl (C=O) groups excluding carboxylic acids is 1. The van der Waals surface area contributed by atoms with E-state index in [4.69, 9.17) is 0 Å². The standard InChI is InChI=1S/C18H23N3O/c1-5-21(15-9-7-6-8-10-15)17(22)16-13-14(11-12-19-16)20-18(2,3)4/h6-13H,5H2,1-4H3,(H,19,20). The molecule has 0 fully saturated rings. The molecule has 4 heteroatoms. The molecule has 22 heavy (non-hydrogen) atoms. The van der Waals surface area contributed by atoms with Crippen LogP contribution >= 0.6 is 0 Å². The van der Waals surface area contributed by atoms with E-state index in [1.807, 2.05) is 43.3 Å². The average Bonchev–Trinajstić information content (AvgIpc) is 2.47. The van der Waals surface area contributed by atoms with Crippen molar-refractivity contribution in [3.05, 3.63) is 54.4 Å². The van der Waals surface area contributed by atoms with Gasteiger partial charge in [0.2, 0.25) is 0 Å². The van der Waals surface area contributed by atoms with Crippen molar-refractivity contribution in [2.24, 2.45) is 0 Å². The Hall–Kier alpha value is -2.36. The fraction of sp³-hybridized carbons (Fsp3) is 0.333. The molecule has 1 aromatic carbocycles. The number of nitrogens with one attached hydrogen (secondary N) is 1. The number of anilines is 2. The summed E-state index contributed by atoms with van der Waals surface area (Å²) < 4.78 is 0. The molecule has 4 nitrogen and oxygen atoms in total. The zero-order chi connectivity index (χ0) is 16.2. The van der Waals surface area contributed by atoms with Crippen LogP contribution in [0.1, 0.15) is 38.2 Å². The molecular formula is C18H23N3O. The second kappa shape index (κ2) is 6.60. The van der Waals surface area contributed by atoms with Crippen molar-refractivity contribution < 1.29 is 4.79 Å².